The minimum atomic E-state index is -4.76. The van der Waals surface area contributed by atoms with Crippen LogP contribution in [0.4, 0.5) is 13.2 Å². The monoisotopic (exact) mass is 302 g/mol. The Hall–Kier alpha value is -1.76. The molecule has 3 N–H and O–H groups in total. The third-order valence-corrected chi connectivity index (χ3v) is 3.54. The van der Waals surface area contributed by atoms with Crippen LogP contribution in [0, 0.1) is 0 Å². The number of alkyl halides is 3. The SMILES string of the molecule is NC1(CC(=O)NCc2ccccc2OC(F)(F)F)CCC1. The van der Waals surface area contributed by atoms with Crippen molar-refractivity contribution in [3.63, 3.8) is 0 Å². The summed E-state index contributed by atoms with van der Waals surface area (Å²) in [5.74, 6) is -0.574. The summed E-state index contributed by atoms with van der Waals surface area (Å²) in [6.07, 6.45) is -1.96. The number of halogens is 3. The maximum atomic E-state index is 12.3. The molecule has 1 aliphatic carbocycles. The molecule has 0 saturated heterocycles. The van der Waals surface area contributed by atoms with Crippen LogP contribution in [0.25, 0.3) is 0 Å². The summed E-state index contributed by atoms with van der Waals surface area (Å²) in [5.41, 5.74) is 5.77. The number of para-hydroxylation sites is 1. The fourth-order valence-corrected chi connectivity index (χ4v) is 2.26. The van der Waals surface area contributed by atoms with Gasteiger partial charge >= 0.3 is 6.36 Å². The first-order chi connectivity index (χ1) is 9.77. The van der Waals surface area contributed by atoms with Gasteiger partial charge in [-0.05, 0) is 25.3 Å². The smallest absolute Gasteiger partial charge is 0.405 e. The third-order valence-electron chi connectivity index (χ3n) is 3.54. The van der Waals surface area contributed by atoms with Crippen LogP contribution in [-0.2, 0) is 11.3 Å². The van der Waals surface area contributed by atoms with Crippen molar-refractivity contribution in [1.82, 2.24) is 5.32 Å². The highest BCUT2D eigenvalue weighted by atomic mass is 19.4. The Labute approximate surface area is 120 Å². The lowest BCUT2D eigenvalue weighted by atomic mass is 9.75. The summed E-state index contributed by atoms with van der Waals surface area (Å²) in [4.78, 5) is 11.8. The molecule has 116 valence electrons. The quantitative estimate of drug-likeness (QED) is 0.878. The van der Waals surface area contributed by atoms with Gasteiger partial charge in [0.2, 0.25) is 5.91 Å². The molecule has 1 aromatic carbocycles. The van der Waals surface area contributed by atoms with E-state index in [1.165, 1.54) is 18.2 Å². The molecular formula is C14H17F3N2O2. The lowest BCUT2D eigenvalue weighted by molar-refractivity contribution is -0.274. The molecule has 2 rings (SSSR count). The van der Waals surface area contributed by atoms with Crippen molar-refractivity contribution in [2.75, 3.05) is 0 Å². The van der Waals surface area contributed by atoms with Crippen molar-refractivity contribution in [1.29, 1.82) is 0 Å². The molecule has 0 atom stereocenters. The summed E-state index contributed by atoms with van der Waals surface area (Å²) in [7, 11) is 0. The van der Waals surface area contributed by atoms with Gasteiger partial charge in [-0.15, -0.1) is 13.2 Å². The number of rotatable bonds is 5. The van der Waals surface area contributed by atoms with Crippen LogP contribution in [0.15, 0.2) is 24.3 Å². The number of amides is 1. The van der Waals surface area contributed by atoms with E-state index >= 15 is 0 Å². The highest BCUT2D eigenvalue weighted by Gasteiger charge is 2.35. The molecule has 0 bridgehead atoms. The largest absolute Gasteiger partial charge is 0.573 e. The first kappa shape index (κ1) is 15.6. The predicted molar refractivity (Wildman–Crippen MR) is 70.4 cm³/mol. The van der Waals surface area contributed by atoms with E-state index in [2.05, 4.69) is 10.1 Å². The van der Waals surface area contributed by atoms with Crippen molar-refractivity contribution in [3.8, 4) is 5.75 Å². The number of benzene rings is 1. The van der Waals surface area contributed by atoms with Crippen LogP contribution < -0.4 is 15.8 Å². The van der Waals surface area contributed by atoms with Crippen LogP contribution in [-0.4, -0.2) is 17.8 Å². The maximum Gasteiger partial charge on any atom is 0.573 e. The van der Waals surface area contributed by atoms with Crippen molar-refractivity contribution in [3.05, 3.63) is 29.8 Å². The van der Waals surface area contributed by atoms with Crippen molar-refractivity contribution in [2.45, 2.75) is 44.1 Å². The molecule has 0 heterocycles. The van der Waals surface area contributed by atoms with Crippen LogP contribution in [0.2, 0.25) is 0 Å². The molecule has 1 fully saturated rings. The lowest BCUT2D eigenvalue weighted by Gasteiger charge is -2.37. The number of hydrogen-bond acceptors (Lipinski definition) is 3. The van der Waals surface area contributed by atoms with Crippen LogP contribution in [0.3, 0.4) is 0 Å². The van der Waals surface area contributed by atoms with Crippen molar-refractivity contribution in [2.24, 2.45) is 5.73 Å². The van der Waals surface area contributed by atoms with Gasteiger partial charge in [0.05, 0.1) is 0 Å². The van der Waals surface area contributed by atoms with E-state index in [-0.39, 0.29) is 30.2 Å². The highest BCUT2D eigenvalue weighted by molar-refractivity contribution is 5.77. The summed E-state index contributed by atoms with van der Waals surface area (Å²) in [6.45, 7) is -0.0266. The number of carbonyl (C=O) groups is 1. The second-order valence-corrected chi connectivity index (χ2v) is 5.32. The number of nitrogens with one attached hydrogen (secondary N) is 1. The zero-order valence-corrected chi connectivity index (χ0v) is 11.4. The average Bonchev–Trinajstić information content (AvgIpc) is 2.34. The van der Waals surface area contributed by atoms with E-state index in [9.17, 15) is 18.0 Å². The minimum absolute atomic E-state index is 0.0266. The molecule has 1 aliphatic rings. The minimum Gasteiger partial charge on any atom is -0.405 e. The Morgan fingerprint density at radius 3 is 2.57 bits per heavy atom. The first-order valence-corrected chi connectivity index (χ1v) is 6.67. The molecule has 1 aromatic rings. The molecule has 1 saturated carbocycles. The Morgan fingerprint density at radius 1 is 1.33 bits per heavy atom. The maximum absolute atomic E-state index is 12.3. The molecule has 4 nitrogen and oxygen atoms in total. The van der Waals surface area contributed by atoms with E-state index < -0.39 is 11.9 Å². The Balaban J connectivity index is 1.92. The summed E-state index contributed by atoms with van der Waals surface area (Å²) < 4.78 is 40.7. The van der Waals surface area contributed by atoms with Gasteiger partial charge in [0.15, 0.2) is 0 Å². The van der Waals surface area contributed by atoms with Gasteiger partial charge < -0.3 is 15.8 Å². The van der Waals surface area contributed by atoms with E-state index in [0.29, 0.717) is 0 Å². The Morgan fingerprint density at radius 2 is 2.00 bits per heavy atom. The fraction of sp³-hybridized carbons (Fsp3) is 0.500. The van der Waals surface area contributed by atoms with Crippen LogP contribution in [0.1, 0.15) is 31.2 Å². The lowest BCUT2D eigenvalue weighted by Crippen LogP contribution is -2.49. The topological polar surface area (TPSA) is 64.4 Å². The summed E-state index contributed by atoms with van der Waals surface area (Å²) in [5, 5.41) is 2.58. The van der Waals surface area contributed by atoms with Gasteiger partial charge in [0.1, 0.15) is 5.75 Å². The van der Waals surface area contributed by atoms with Gasteiger partial charge in [0, 0.05) is 24.1 Å². The van der Waals surface area contributed by atoms with Crippen molar-refractivity contribution >= 4 is 5.91 Å². The standard InChI is InChI=1S/C14H17F3N2O2/c15-14(16,17)21-11-5-2-1-4-10(11)9-19-12(20)8-13(18)6-3-7-13/h1-2,4-5H,3,6-9,18H2,(H,19,20). The molecular weight excluding hydrogens is 285 g/mol. The number of hydrogen-bond donors (Lipinski definition) is 2. The van der Waals surface area contributed by atoms with E-state index in [0.717, 1.165) is 19.3 Å². The summed E-state index contributed by atoms with van der Waals surface area (Å²) in [6, 6.07) is 5.71. The molecule has 1 amide bonds. The van der Waals surface area contributed by atoms with E-state index in [1.807, 2.05) is 0 Å². The zero-order chi connectivity index (χ0) is 15.5. The molecule has 0 aromatic heterocycles. The average molecular weight is 302 g/mol. The normalized spacial score (nSPS) is 17.0. The van der Waals surface area contributed by atoms with E-state index in [4.69, 9.17) is 5.73 Å². The first-order valence-electron chi connectivity index (χ1n) is 6.67. The number of ether oxygens (including phenoxy) is 1. The van der Waals surface area contributed by atoms with Gasteiger partial charge in [0.25, 0.3) is 0 Å². The van der Waals surface area contributed by atoms with Crippen LogP contribution in [0.5, 0.6) is 5.75 Å². The molecule has 0 radical (unpaired) electrons. The van der Waals surface area contributed by atoms with Gasteiger partial charge in [-0.25, -0.2) is 0 Å². The Kier molecular flexibility index (Phi) is 4.41. The zero-order valence-electron chi connectivity index (χ0n) is 11.4. The molecule has 0 spiro atoms. The molecule has 21 heavy (non-hydrogen) atoms. The number of carbonyl (C=O) groups excluding carboxylic acids is 1. The predicted octanol–water partition coefficient (Wildman–Crippen LogP) is 2.47. The Bertz CT molecular complexity index is 513. The second-order valence-electron chi connectivity index (χ2n) is 5.32. The summed E-state index contributed by atoms with van der Waals surface area (Å²) >= 11 is 0. The fourth-order valence-electron chi connectivity index (χ4n) is 2.26. The van der Waals surface area contributed by atoms with Crippen LogP contribution >= 0.6 is 0 Å². The van der Waals surface area contributed by atoms with E-state index in [1.54, 1.807) is 6.07 Å². The third kappa shape index (κ3) is 4.63. The molecule has 7 heteroatoms. The van der Waals surface area contributed by atoms with Gasteiger partial charge in [-0.2, -0.15) is 0 Å². The molecule has 0 unspecified atom stereocenters. The molecule has 0 aliphatic heterocycles. The number of nitrogens with two attached hydrogens (primary N) is 1. The van der Waals surface area contributed by atoms with Gasteiger partial charge in [-0.1, -0.05) is 18.2 Å². The van der Waals surface area contributed by atoms with Crippen molar-refractivity contribution < 1.29 is 22.7 Å². The highest BCUT2D eigenvalue weighted by Crippen LogP contribution is 2.32. The second kappa shape index (κ2) is 5.93. The van der Waals surface area contributed by atoms with Gasteiger partial charge in [-0.3, -0.25) is 4.79 Å².